The Labute approximate surface area is 109 Å². The molecule has 0 fully saturated rings. The zero-order valence-electron chi connectivity index (χ0n) is 9.14. The van der Waals surface area contributed by atoms with Crippen LogP contribution >= 0.6 is 15.9 Å². The number of methoxy groups -OCH3 is 1. The Morgan fingerprint density at radius 3 is 2.56 bits per heavy atom. The molecule has 0 aliphatic rings. The van der Waals surface area contributed by atoms with Crippen molar-refractivity contribution in [2.24, 2.45) is 0 Å². The molecule has 1 aromatic rings. The van der Waals surface area contributed by atoms with Crippen molar-refractivity contribution >= 4 is 21.9 Å². The van der Waals surface area contributed by atoms with Crippen LogP contribution in [0.5, 0.6) is 0 Å². The third kappa shape index (κ3) is 3.23. The maximum absolute atomic E-state index is 12.8. The number of carbonyl (C=O) groups is 1. The summed E-state index contributed by atoms with van der Waals surface area (Å²) in [7, 11) is 1.07. The first kappa shape index (κ1) is 14.5. The van der Waals surface area contributed by atoms with Gasteiger partial charge in [0.15, 0.2) is 0 Å². The highest BCUT2D eigenvalue weighted by molar-refractivity contribution is 9.10. The molecule has 0 radical (unpaired) electrons. The first-order valence-corrected chi connectivity index (χ1v) is 5.45. The molecule has 1 rings (SSSR count). The highest BCUT2D eigenvalue weighted by Crippen LogP contribution is 2.35. The van der Waals surface area contributed by atoms with Crippen LogP contribution in [0.2, 0.25) is 0 Å². The zero-order valence-corrected chi connectivity index (χ0v) is 10.7. The molecule has 0 aliphatic heterocycles. The average Bonchev–Trinajstić information content (AvgIpc) is 2.29. The maximum Gasteiger partial charge on any atom is 0.416 e. The summed E-state index contributed by atoms with van der Waals surface area (Å²) in [6.07, 6.45) is -5.24. The molecule has 0 aromatic heterocycles. The fourth-order valence-electron chi connectivity index (χ4n) is 1.40. The van der Waals surface area contributed by atoms with Crippen LogP contribution in [0.3, 0.4) is 0 Å². The predicted molar refractivity (Wildman–Crippen MR) is 59.6 cm³/mol. The van der Waals surface area contributed by atoms with Gasteiger partial charge in [0, 0.05) is 4.47 Å². The number of esters is 1. The lowest BCUT2D eigenvalue weighted by Gasteiger charge is -2.14. The van der Waals surface area contributed by atoms with Crippen molar-refractivity contribution in [2.75, 3.05) is 7.11 Å². The van der Waals surface area contributed by atoms with E-state index >= 15 is 0 Å². The molecule has 0 unspecified atom stereocenters. The van der Waals surface area contributed by atoms with E-state index in [-0.39, 0.29) is 15.6 Å². The molecular formula is C11H7BrF3NO2. The smallest absolute Gasteiger partial charge is 0.416 e. The van der Waals surface area contributed by atoms with Crippen molar-refractivity contribution in [3.8, 4) is 6.07 Å². The molecule has 3 nitrogen and oxygen atoms in total. The molecule has 0 bridgehead atoms. The Kier molecular flexibility index (Phi) is 4.35. The summed E-state index contributed by atoms with van der Waals surface area (Å²) in [5.74, 6) is -0.834. The van der Waals surface area contributed by atoms with Crippen LogP contribution in [0.4, 0.5) is 13.2 Å². The normalized spacial score (nSPS) is 10.9. The molecule has 7 heteroatoms. The number of nitriles is 1. The van der Waals surface area contributed by atoms with E-state index in [1.54, 1.807) is 6.07 Å². The SMILES string of the molecule is COC(=O)Cc1c(C#N)cc(Br)cc1C(F)(F)F. The average molecular weight is 322 g/mol. The topological polar surface area (TPSA) is 50.1 Å². The van der Waals surface area contributed by atoms with Gasteiger partial charge in [0.05, 0.1) is 30.7 Å². The summed E-state index contributed by atoms with van der Waals surface area (Å²) in [6, 6.07) is 3.70. The number of rotatable bonds is 2. The standard InChI is InChI=1S/C11H7BrF3NO2/c1-18-10(17)4-8-6(5-16)2-7(12)3-9(8)11(13,14)15/h2-3H,4H2,1H3. The molecule has 0 atom stereocenters. The van der Waals surface area contributed by atoms with Crippen molar-refractivity contribution in [1.82, 2.24) is 0 Å². The molecule has 1 aromatic carbocycles. The molecule has 18 heavy (non-hydrogen) atoms. The summed E-state index contributed by atoms with van der Waals surface area (Å²) >= 11 is 2.90. The highest BCUT2D eigenvalue weighted by atomic mass is 79.9. The Balaban J connectivity index is 3.44. The molecule has 0 amide bonds. The minimum absolute atomic E-state index is 0.125. The first-order valence-electron chi connectivity index (χ1n) is 4.66. The molecule has 0 saturated heterocycles. The number of nitrogens with zero attached hydrogens (tertiary/aromatic N) is 1. The largest absolute Gasteiger partial charge is 0.469 e. The van der Waals surface area contributed by atoms with Gasteiger partial charge in [0.1, 0.15) is 0 Å². The summed E-state index contributed by atoms with van der Waals surface area (Å²) in [4.78, 5) is 11.1. The third-order valence-corrected chi connectivity index (χ3v) is 2.65. The molecule has 0 aliphatic carbocycles. The summed E-state index contributed by atoms with van der Waals surface area (Å²) in [5, 5.41) is 8.83. The first-order chi connectivity index (χ1) is 8.29. The number of halogens is 4. The van der Waals surface area contributed by atoms with Gasteiger partial charge in [0.2, 0.25) is 0 Å². The molecular weight excluding hydrogens is 315 g/mol. The van der Waals surface area contributed by atoms with E-state index in [0.717, 1.165) is 13.2 Å². The number of hydrogen-bond acceptors (Lipinski definition) is 3. The molecule has 0 spiro atoms. The van der Waals surface area contributed by atoms with Crippen LogP contribution in [0.25, 0.3) is 0 Å². The van der Waals surface area contributed by atoms with E-state index in [2.05, 4.69) is 20.7 Å². The zero-order chi connectivity index (χ0) is 13.9. The van der Waals surface area contributed by atoms with Gasteiger partial charge in [-0.1, -0.05) is 15.9 Å². The van der Waals surface area contributed by atoms with Gasteiger partial charge >= 0.3 is 12.1 Å². The second-order valence-electron chi connectivity index (χ2n) is 3.34. The van der Waals surface area contributed by atoms with Gasteiger partial charge < -0.3 is 4.74 Å². The van der Waals surface area contributed by atoms with Gasteiger partial charge in [-0.05, 0) is 17.7 Å². The van der Waals surface area contributed by atoms with Gasteiger partial charge in [-0.15, -0.1) is 0 Å². The molecule has 0 saturated carbocycles. The molecule has 0 N–H and O–H groups in total. The van der Waals surface area contributed by atoms with E-state index in [9.17, 15) is 18.0 Å². The Bertz CT molecular complexity index is 520. The lowest BCUT2D eigenvalue weighted by molar-refractivity contribution is -0.141. The van der Waals surface area contributed by atoms with Crippen molar-refractivity contribution in [3.63, 3.8) is 0 Å². The fourth-order valence-corrected chi connectivity index (χ4v) is 1.85. The number of alkyl halides is 3. The number of carbonyl (C=O) groups excluding carboxylic acids is 1. The predicted octanol–water partition coefficient (Wildman–Crippen LogP) is 3.06. The van der Waals surface area contributed by atoms with E-state index in [1.807, 2.05) is 0 Å². The minimum Gasteiger partial charge on any atom is -0.469 e. The van der Waals surface area contributed by atoms with E-state index in [4.69, 9.17) is 5.26 Å². The van der Waals surface area contributed by atoms with E-state index in [0.29, 0.717) is 0 Å². The Morgan fingerprint density at radius 1 is 1.50 bits per heavy atom. The number of benzene rings is 1. The van der Waals surface area contributed by atoms with Crippen LogP contribution in [-0.4, -0.2) is 13.1 Å². The highest BCUT2D eigenvalue weighted by Gasteiger charge is 2.35. The van der Waals surface area contributed by atoms with Crippen molar-refractivity contribution < 1.29 is 22.7 Å². The van der Waals surface area contributed by atoms with Crippen molar-refractivity contribution in [2.45, 2.75) is 12.6 Å². The van der Waals surface area contributed by atoms with Crippen LogP contribution in [0, 0.1) is 11.3 Å². The molecule has 96 valence electrons. The lowest BCUT2D eigenvalue weighted by Crippen LogP contribution is -2.15. The Hall–Kier alpha value is -1.55. The minimum atomic E-state index is -4.64. The lowest BCUT2D eigenvalue weighted by atomic mass is 9.98. The quantitative estimate of drug-likeness (QED) is 0.787. The van der Waals surface area contributed by atoms with Crippen LogP contribution in [0.15, 0.2) is 16.6 Å². The number of ether oxygens (including phenoxy) is 1. The van der Waals surface area contributed by atoms with Crippen LogP contribution in [0.1, 0.15) is 16.7 Å². The summed E-state index contributed by atoms with van der Waals surface area (Å²) in [6.45, 7) is 0. The monoisotopic (exact) mass is 321 g/mol. The van der Waals surface area contributed by atoms with E-state index in [1.165, 1.54) is 6.07 Å². The van der Waals surface area contributed by atoms with Gasteiger partial charge in [-0.2, -0.15) is 18.4 Å². The van der Waals surface area contributed by atoms with Gasteiger partial charge in [0.25, 0.3) is 0 Å². The van der Waals surface area contributed by atoms with Gasteiger partial charge in [-0.25, -0.2) is 0 Å². The van der Waals surface area contributed by atoms with E-state index < -0.39 is 24.1 Å². The summed E-state index contributed by atoms with van der Waals surface area (Å²) in [5.41, 5.74) is -1.60. The summed E-state index contributed by atoms with van der Waals surface area (Å²) < 4.78 is 42.9. The third-order valence-electron chi connectivity index (χ3n) is 2.19. The van der Waals surface area contributed by atoms with Crippen molar-refractivity contribution in [1.29, 1.82) is 5.26 Å². The fraction of sp³-hybridized carbons (Fsp3) is 0.273. The second-order valence-corrected chi connectivity index (χ2v) is 4.26. The second kappa shape index (κ2) is 5.40. The van der Waals surface area contributed by atoms with Crippen molar-refractivity contribution in [3.05, 3.63) is 33.3 Å². The van der Waals surface area contributed by atoms with Crippen LogP contribution < -0.4 is 0 Å². The number of hydrogen-bond donors (Lipinski definition) is 0. The van der Waals surface area contributed by atoms with Crippen LogP contribution in [-0.2, 0) is 22.1 Å². The molecule has 0 heterocycles. The van der Waals surface area contributed by atoms with Gasteiger partial charge in [-0.3, -0.25) is 4.79 Å². The Morgan fingerprint density at radius 2 is 2.11 bits per heavy atom. The maximum atomic E-state index is 12.8.